The number of rotatable bonds is 4. The van der Waals surface area contributed by atoms with Gasteiger partial charge < -0.3 is 5.73 Å². The molecule has 0 aliphatic carbocycles. The van der Waals surface area contributed by atoms with Crippen molar-refractivity contribution in [3.8, 4) is 0 Å². The van der Waals surface area contributed by atoms with Crippen LogP contribution in [0.5, 0.6) is 0 Å². The molecule has 3 N–H and O–H groups in total. The minimum atomic E-state index is -3.45. The zero-order valence-electron chi connectivity index (χ0n) is 8.14. The number of nitrogens with zero attached hydrogens (tertiary/aromatic N) is 2. The first-order valence-corrected chi connectivity index (χ1v) is 5.64. The number of hydrogen-bond acceptors (Lipinski definition) is 4. The molecule has 0 spiro atoms. The predicted octanol–water partition coefficient (Wildman–Crippen LogP) is -0.954. The molecule has 0 aliphatic heterocycles. The van der Waals surface area contributed by atoms with E-state index < -0.39 is 10.0 Å². The Balaban J connectivity index is 2.76. The van der Waals surface area contributed by atoms with Gasteiger partial charge in [-0.15, -0.1) is 0 Å². The van der Waals surface area contributed by atoms with Crippen LogP contribution in [0.1, 0.15) is 6.92 Å². The lowest BCUT2D eigenvalue weighted by Crippen LogP contribution is -2.35. The lowest BCUT2D eigenvalue weighted by Gasteiger charge is -2.06. The molecule has 7 heteroatoms. The van der Waals surface area contributed by atoms with Gasteiger partial charge in [0.15, 0.2) is 0 Å². The number of aryl methyl sites for hydroxylation is 1. The van der Waals surface area contributed by atoms with Gasteiger partial charge in [0.1, 0.15) is 4.90 Å². The Bertz CT molecular complexity index is 396. The van der Waals surface area contributed by atoms with Crippen molar-refractivity contribution in [2.75, 3.05) is 6.54 Å². The number of nitrogens with two attached hydrogens (primary N) is 1. The molecule has 1 unspecified atom stereocenters. The fourth-order valence-corrected chi connectivity index (χ4v) is 1.99. The van der Waals surface area contributed by atoms with Crippen molar-refractivity contribution in [2.45, 2.75) is 17.9 Å². The molecule has 0 bridgehead atoms. The first kappa shape index (κ1) is 11.2. The Morgan fingerprint density at radius 2 is 2.36 bits per heavy atom. The SMILES string of the molecule is CC(N)CNS(=O)(=O)c1cnn(C)c1. The third kappa shape index (κ3) is 2.79. The highest BCUT2D eigenvalue weighted by atomic mass is 32.2. The van der Waals surface area contributed by atoms with Gasteiger partial charge >= 0.3 is 0 Å². The monoisotopic (exact) mass is 218 g/mol. The molecule has 1 heterocycles. The molecule has 0 aromatic carbocycles. The summed E-state index contributed by atoms with van der Waals surface area (Å²) in [5, 5.41) is 3.78. The van der Waals surface area contributed by atoms with E-state index in [1.54, 1.807) is 14.0 Å². The van der Waals surface area contributed by atoms with Crippen LogP contribution < -0.4 is 10.5 Å². The minimum Gasteiger partial charge on any atom is -0.327 e. The van der Waals surface area contributed by atoms with Crippen LogP contribution >= 0.6 is 0 Å². The molecule has 14 heavy (non-hydrogen) atoms. The minimum absolute atomic E-state index is 0.153. The van der Waals surface area contributed by atoms with Crippen molar-refractivity contribution in [1.82, 2.24) is 14.5 Å². The normalized spacial score (nSPS) is 14.2. The van der Waals surface area contributed by atoms with Gasteiger partial charge in [-0.1, -0.05) is 0 Å². The molecule has 0 saturated heterocycles. The van der Waals surface area contributed by atoms with Gasteiger partial charge in [-0.3, -0.25) is 4.68 Å². The molecule has 1 aromatic heterocycles. The molecule has 0 radical (unpaired) electrons. The maximum atomic E-state index is 11.5. The van der Waals surface area contributed by atoms with Crippen LogP contribution in [-0.4, -0.2) is 30.8 Å². The van der Waals surface area contributed by atoms with E-state index in [-0.39, 0.29) is 17.5 Å². The second-order valence-electron chi connectivity index (χ2n) is 3.18. The summed E-state index contributed by atoms with van der Waals surface area (Å²) in [7, 11) is -1.79. The highest BCUT2D eigenvalue weighted by Gasteiger charge is 2.15. The van der Waals surface area contributed by atoms with Crippen molar-refractivity contribution in [3.05, 3.63) is 12.4 Å². The largest absolute Gasteiger partial charge is 0.327 e. The summed E-state index contributed by atoms with van der Waals surface area (Å²) in [6.07, 6.45) is 2.73. The van der Waals surface area contributed by atoms with E-state index in [0.29, 0.717) is 0 Å². The number of sulfonamides is 1. The third-order valence-electron chi connectivity index (χ3n) is 1.59. The molecule has 0 aliphatic rings. The van der Waals surface area contributed by atoms with E-state index >= 15 is 0 Å². The molecule has 1 atom stereocenters. The Hall–Kier alpha value is -0.920. The van der Waals surface area contributed by atoms with E-state index in [9.17, 15) is 8.42 Å². The predicted molar refractivity (Wildman–Crippen MR) is 52.0 cm³/mol. The summed E-state index contributed by atoms with van der Waals surface area (Å²) < 4.78 is 26.9. The van der Waals surface area contributed by atoms with Gasteiger partial charge in [0, 0.05) is 25.8 Å². The molecule has 0 amide bonds. The Morgan fingerprint density at radius 3 is 2.79 bits per heavy atom. The van der Waals surface area contributed by atoms with Crippen LogP contribution in [0.3, 0.4) is 0 Å². The van der Waals surface area contributed by atoms with Crippen molar-refractivity contribution in [3.63, 3.8) is 0 Å². The second kappa shape index (κ2) is 4.07. The summed E-state index contributed by atoms with van der Waals surface area (Å²) in [5.74, 6) is 0. The van der Waals surface area contributed by atoms with E-state index in [1.807, 2.05) is 0 Å². The molecular weight excluding hydrogens is 204 g/mol. The van der Waals surface area contributed by atoms with E-state index in [2.05, 4.69) is 9.82 Å². The fraction of sp³-hybridized carbons (Fsp3) is 0.571. The smallest absolute Gasteiger partial charge is 0.243 e. The van der Waals surface area contributed by atoms with E-state index in [1.165, 1.54) is 17.1 Å². The summed E-state index contributed by atoms with van der Waals surface area (Å²) in [6, 6.07) is -0.207. The average Bonchev–Trinajstić information content (AvgIpc) is 2.49. The summed E-state index contributed by atoms with van der Waals surface area (Å²) in [4.78, 5) is 0.153. The zero-order chi connectivity index (χ0) is 10.8. The van der Waals surface area contributed by atoms with Gasteiger partial charge in [-0.05, 0) is 6.92 Å². The van der Waals surface area contributed by atoms with Gasteiger partial charge in [0.25, 0.3) is 0 Å². The van der Waals surface area contributed by atoms with Gasteiger partial charge in [0.2, 0.25) is 10.0 Å². The van der Waals surface area contributed by atoms with Crippen molar-refractivity contribution >= 4 is 10.0 Å². The first-order chi connectivity index (χ1) is 6.42. The zero-order valence-corrected chi connectivity index (χ0v) is 8.95. The first-order valence-electron chi connectivity index (χ1n) is 4.16. The molecule has 1 rings (SSSR count). The quantitative estimate of drug-likeness (QED) is 0.681. The van der Waals surface area contributed by atoms with Crippen molar-refractivity contribution < 1.29 is 8.42 Å². The molecule has 0 fully saturated rings. The molecule has 80 valence electrons. The number of hydrogen-bond donors (Lipinski definition) is 2. The number of aromatic nitrogens is 2. The van der Waals surface area contributed by atoms with Crippen LogP contribution in [0.2, 0.25) is 0 Å². The summed E-state index contributed by atoms with van der Waals surface area (Å²) >= 11 is 0. The molecule has 0 saturated carbocycles. The summed E-state index contributed by atoms with van der Waals surface area (Å²) in [6.45, 7) is 1.95. The second-order valence-corrected chi connectivity index (χ2v) is 4.95. The topological polar surface area (TPSA) is 90.0 Å². The average molecular weight is 218 g/mol. The maximum absolute atomic E-state index is 11.5. The van der Waals surface area contributed by atoms with Crippen LogP contribution in [-0.2, 0) is 17.1 Å². The van der Waals surface area contributed by atoms with Crippen molar-refractivity contribution in [1.29, 1.82) is 0 Å². The van der Waals surface area contributed by atoms with Crippen LogP contribution in [0.25, 0.3) is 0 Å². The molecule has 1 aromatic rings. The lowest BCUT2D eigenvalue weighted by molar-refractivity contribution is 0.574. The lowest BCUT2D eigenvalue weighted by atomic mass is 10.4. The highest BCUT2D eigenvalue weighted by Crippen LogP contribution is 2.05. The van der Waals surface area contributed by atoms with Gasteiger partial charge in [0.05, 0.1) is 6.20 Å². The summed E-state index contributed by atoms with van der Waals surface area (Å²) in [5.41, 5.74) is 5.44. The van der Waals surface area contributed by atoms with E-state index in [0.717, 1.165) is 0 Å². The third-order valence-corrected chi connectivity index (χ3v) is 2.96. The standard InChI is InChI=1S/C7H14N4O2S/c1-6(8)3-10-14(12,13)7-4-9-11(2)5-7/h4-6,10H,3,8H2,1-2H3. The van der Waals surface area contributed by atoms with E-state index in [4.69, 9.17) is 5.73 Å². The fourth-order valence-electron chi connectivity index (χ4n) is 0.862. The Kier molecular flexibility index (Phi) is 3.25. The van der Waals surface area contributed by atoms with Crippen LogP contribution in [0, 0.1) is 0 Å². The van der Waals surface area contributed by atoms with Gasteiger partial charge in [-0.25, -0.2) is 13.1 Å². The Morgan fingerprint density at radius 1 is 1.71 bits per heavy atom. The van der Waals surface area contributed by atoms with Crippen LogP contribution in [0.4, 0.5) is 0 Å². The maximum Gasteiger partial charge on any atom is 0.243 e. The highest BCUT2D eigenvalue weighted by molar-refractivity contribution is 7.89. The number of nitrogens with one attached hydrogen (secondary N) is 1. The van der Waals surface area contributed by atoms with Gasteiger partial charge in [-0.2, -0.15) is 5.10 Å². The van der Waals surface area contributed by atoms with Crippen molar-refractivity contribution in [2.24, 2.45) is 12.8 Å². The Labute approximate surface area is 83.1 Å². The molecule has 6 nitrogen and oxygen atoms in total. The van der Waals surface area contributed by atoms with Crippen LogP contribution in [0.15, 0.2) is 17.3 Å². The molecular formula is C7H14N4O2S.